The van der Waals surface area contributed by atoms with E-state index in [1.807, 2.05) is 0 Å². The number of hydrogen-bond donors (Lipinski definition) is 0. The van der Waals surface area contributed by atoms with Gasteiger partial charge in [0.25, 0.3) is 0 Å². The molecule has 0 amide bonds. The normalized spacial score (nSPS) is 10.4. The first kappa shape index (κ1) is 11.5. The lowest BCUT2D eigenvalue weighted by Gasteiger charge is -2.02. The van der Waals surface area contributed by atoms with Crippen LogP contribution in [0, 0.1) is 0 Å². The van der Waals surface area contributed by atoms with E-state index in [1.165, 1.54) is 0 Å². The largest absolute Gasteiger partial charge is 0.292 e. The molecule has 0 fully saturated rings. The summed E-state index contributed by atoms with van der Waals surface area (Å²) < 4.78 is 3.64. The van der Waals surface area contributed by atoms with Crippen molar-refractivity contribution >= 4 is 40.5 Å². The molecule has 0 aliphatic rings. The van der Waals surface area contributed by atoms with Gasteiger partial charge in [0.05, 0.1) is 0 Å². The maximum atomic E-state index is 11.7. The van der Waals surface area contributed by atoms with E-state index in [0.29, 0.717) is 15.7 Å². The molecule has 1 aromatic heterocycles. The number of benzene rings is 1. The molecule has 3 nitrogen and oxygen atoms in total. The van der Waals surface area contributed by atoms with Gasteiger partial charge in [-0.1, -0.05) is 33.8 Å². The highest BCUT2D eigenvalue weighted by Gasteiger charge is 2.12. The number of rotatable bonds is 3. The molecule has 0 atom stereocenters. The van der Waals surface area contributed by atoms with Crippen LogP contribution in [0.4, 0.5) is 0 Å². The Balaban J connectivity index is 2.18. The van der Waals surface area contributed by atoms with Crippen LogP contribution >= 0.6 is 34.7 Å². The summed E-state index contributed by atoms with van der Waals surface area (Å²) in [5.74, 6) is -0.0991. The van der Waals surface area contributed by atoms with Crippen molar-refractivity contribution in [3.05, 3.63) is 44.9 Å². The van der Waals surface area contributed by atoms with Crippen LogP contribution in [0.15, 0.2) is 23.6 Å². The number of hydrogen-bond acceptors (Lipinski definition) is 4. The van der Waals surface area contributed by atoms with Crippen molar-refractivity contribution in [2.24, 2.45) is 0 Å². The summed E-state index contributed by atoms with van der Waals surface area (Å²) in [4.78, 5) is 11.7. The molecule has 6 heteroatoms. The predicted octanol–water partition coefficient (Wildman–Crippen LogP) is 3.27. The molecular formula is C10H6Cl2N2OS. The van der Waals surface area contributed by atoms with E-state index in [2.05, 4.69) is 9.59 Å². The first-order valence-corrected chi connectivity index (χ1v) is 6.00. The van der Waals surface area contributed by atoms with Crippen LogP contribution in [0.5, 0.6) is 0 Å². The summed E-state index contributed by atoms with van der Waals surface area (Å²) in [6, 6.07) is 5.06. The van der Waals surface area contributed by atoms with Crippen molar-refractivity contribution in [3.63, 3.8) is 0 Å². The Morgan fingerprint density at radius 2 is 2.19 bits per heavy atom. The van der Waals surface area contributed by atoms with E-state index in [1.54, 1.807) is 23.6 Å². The molecule has 2 aromatic rings. The first-order valence-electron chi connectivity index (χ1n) is 4.41. The molecule has 1 aromatic carbocycles. The number of carbonyl (C=O) groups is 1. The van der Waals surface area contributed by atoms with Gasteiger partial charge in [-0.2, -0.15) is 0 Å². The maximum Gasteiger partial charge on any atom is 0.188 e. The zero-order valence-corrected chi connectivity index (χ0v) is 10.3. The minimum Gasteiger partial charge on any atom is -0.292 e. The summed E-state index contributed by atoms with van der Waals surface area (Å²) in [7, 11) is 0. The maximum absolute atomic E-state index is 11.7. The molecule has 0 bridgehead atoms. The average molecular weight is 273 g/mol. The lowest BCUT2D eigenvalue weighted by atomic mass is 10.1. The molecule has 0 saturated carbocycles. The molecule has 2 rings (SSSR count). The fourth-order valence-corrected chi connectivity index (χ4v) is 2.15. The summed E-state index contributed by atoms with van der Waals surface area (Å²) >= 11 is 12.9. The van der Waals surface area contributed by atoms with Crippen LogP contribution in [0.2, 0.25) is 10.0 Å². The van der Waals surface area contributed by atoms with Crippen LogP contribution in [-0.2, 0) is 6.42 Å². The second-order valence-electron chi connectivity index (χ2n) is 3.13. The van der Waals surface area contributed by atoms with E-state index < -0.39 is 0 Å². The quantitative estimate of drug-likeness (QED) is 0.806. The van der Waals surface area contributed by atoms with Gasteiger partial charge in [0.15, 0.2) is 5.78 Å². The Hall–Kier alpha value is -0.970. The van der Waals surface area contributed by atoms with Crippen LogP contribution in [0.3, 0.4) is 0 Å². The van der Waals surface area contributed by atoms with Crippen LogP contribution in [-0.4, -0.2) is 15.4 Å². The summed E-state index contributed by atoms with van der Waals surface area (Å²) in [6.07, 6.45) is 0.210. The second-order valence-corrected chi connectivity index (χ2v) is 4.58. The van der Waals surface area contributed by atoms with Crippen molar-refractivity contribution in [2.45, 2.75) is 6.42 Å². The van der Waals surface area contributed by atoms with Crippen molar-refractivity contribution in [1.82, 2.24) is 9.59 Å². The minimum atomic E-state index is -0.0991. The number of aromatic nitrogens is 2. The highest BCUT2D eigenvalue weighted by molar-refractivity contribution is 7.03. The molecule has 1 heterocycles. The SMILES string of the molecule is O=C(Cc1ccc(Cl)cc1Cl)c1csnn1. The minimum absolute atomic E-state index is 0.0991. The molecule has 0 aliphatic carbocycles. The fraction of sp³-hybridized carbons (Fsp3) is 0.100. The van der Waals surface area contributed by atoms with Crippen molar-refractivity contribution in [1.29, 1.82) is 0 Å². The topological polar surface area (TPSA) is 42.9 Å². The van der Waals surface area contributed by atoms with Crippen molar-refractivity contribution in [2.75, 3.05) is 0 Å². The van der Waals surface area contributed by atoms with E-state index >= 15 is 0 Å². The van der Waals surface area contributed by atoms with E-state index in [9.17, 15) is 4.79 Å². The van der Waals surface area contributed by atoms with Gasteiger partial charge in [0, 0.05) is 21.8 Å². The Kier molecular flexibility index (Phi) is 3.53. The molecule has 0 spiro atoms. The monoisotopic (exact) mass is 272 g/mol. The van der Waals surface area contributed by atoms with Gasteiger partial charge < -0.3 is 0 Å². The summed E-state index contributed by atoms with van der Waals surface area (Å²) in [6.45, 7) is 0. The van der Waals surface area contributed by atoms with E-state index in [-0.39, 0.29) is 12.2 Å². The summed E-state index contributed by atoms with van der Waals surface area (Å²) in [5.41, 5.74) is 1.11. The summed E-state index contributed by atoms with van der Waals surface area (Å²) in [5, 5.41) is 6.37. The highest BCUT2D eigenvalue weighted by Crippen LogP contribution is 2.22. The Bertz CT molecular complexity index is 514. The smallest absolute Gasteiger partial charge is 0.188 e. The predicted molar refractivity (Wildman–Crippen MR) is 64.4 cm³/mol. The zero-order chi connectivity index (χ0) is 11.5. The Morgan fingerprint density at radius 1 is 1.38 bits per heavy atom. The van der Waals surface area contributed by atoms with Gasteiger partial charge in [-0.3, -0.25) is 4.79 Å². The van der Waals surface area contributed by atoms with Gasteiger partial charge >= 0.3 is 0 Å². The number of carbonyl (C=O) groups excluding carboxylic acids is 1. The lowest BCUT2D eigenvalue weighted by molar-refractivity contribution is 0.0988. The van der Waals surface area contributed by atoms with Crippen LogP contribution < -0.4 is 0 Å². The third kappa shape index (κ3) is 2.58. The first-order chi connectivity index (χ1) is 7.66. The van der Waals surface area contributed by atoms with Crippen LogP contribution in [0.25, 0.3) is 0 Å². The van der Waals surface area contributed by atoms with Crippen molar-refractivity contribution < 1.29 is 4.79 Å². The van der Waals surface area contributed by atoms with E-state index in [0.717, 1.165) is 17.1 Å². The van der Waals surface area contributed by atoms with Crippen molar-refractivity contribution in [3.8, 4) is 0 Å². The molecule has 16 heavy (non-hydrogen) atoms. The highest BCUT2D eigenvalue weighted by atomic mass is 35.5. The Labute approximate surface area is 106 Å². The average Bonchev–Trinajstić information content (AvgIpc) is 2.75. The zero-order valence-electron chi connectivity index (χ0n) is 7.98. The van der Waals surface area contributed by atoms with Gasteiger partial charge in [-0.25, -0.2) is 0 Å². The molecular weight excluding hydrogens is 267 g/mol. The molecule has 0 aliphatic heterocycles. The molecule has 0 N–H and O–H groups in total. The number of nitrogens with zero attached hydrogens (tertiary/aromatic N) is 2. The molecule has 0 unspecified atom stereocenters. The lowest BCUT2D eigenvalue weighted by Crippen LogP contribution is -2.04. The fourth-order valence-electron chi connectivity index (χ4n) is 1.21. The van der Waals surface area contributed by atoms with Gasteiger partial charge in [-0.05, 0) is 29.2 Å². The van der Waals surface area contributed by atoms with E-state index in [4.69, 9.17) is 23.2 Å². The van der Waals surface area contributed by atoms with Gasteiger partial charge in [0.1, 0.15) is 5.69 Å². The van der Waals surface area contributed by atoms with Gasteiger partial charge in [-0.15, -0.1) is 5.10 Å². The third-order valence-corrected chi connectivity index (χ3v) is 3.10. The van der Waals surface area contributed by atoms with Gasteiger partial charge in [0.2, 0.25) is 0 Å². The standard InChI is InChI=1S/C10H6Cl2N2OS/c11-7-2-1-6(8(12)4-7)3-10(15)9-5-16-14-13-9/h1-2,4-5H,3H2. The second kappa shape index (κ2) is 4.91. The molecule has 0 saturated heterocycles. The van der Waals surface area contributed by atoms with Crippen LogP contribution in [0.1, 0.15) is 16.1 Å². The Morgan fingerprint density at radius 3 is 2.81 bits per heavy atom. The third-order valence-electron chi connectivity index (χ3n) is 2.01. The number of Topliss-reactive ketones (excluding diaryl/α,β-unsaturated/α-hetero) is 1. The molecule has 82 valence electrons. The molecule has 0 radical (unpaired) electrons. The number of ketones is 1. The number of halogens is 2.